The number of nitro groups is 1. The molecule has 14 heavy (non-hydrogen) atoms. The smallest absolute Gasteiger partial charge is 0.258 e. The third-order valence-electron chi connectivity index (χ3n) is 1.79. The minimum Gasteiger partial charge on any atom is -0.258 e. The second-order valence-corrected chi connectivity index (χ2v) is 6.23. The highest BCUT2D eigenvalue weighted by molar-refractivity contribution is 14.1. The van der Waals surface area contributed by atoms with Crippen molar-refractivity contribution in [1.82, 2.24) is 0 Å². The Morgan fingerprint density at radius 1 is 1.50 bits per heavy atom. The summed E-state index contributed by atoms with van der Waals surface area (Å²) < 4.78 is 2.71. The van der Waals surface area contributed by atoms with Gasteiger partial charge in [-0.2, -0.15) is 0 Å². The van der Waals surface area contributed by atoms with Gasteiger partial charge in [0.2, 0.25) is 0 Å². The van der Waals surface area contributed by atoms with Crippen LogP contribution in [0.2, 0.25) is 0 Å². The lowest BCUT2D eigenvalue weighted by molar-refractivity contribution is -0.382. The Hall–Kier alpha value is -0.210. The van der Waals surface area contributed by atoms with E-state index in [1.807, 2.05) is 6.07 Å². The zero-order valence-electron chi connectivity index (χ0n) is 6.66. The predicted molar refractivity (Wildman–Crippen MR) is 68.9 cm³/mol. The molecule has 0 aliphatic carbocycles. The summed E-state index contributed by atoms with van der Waals surface area (Å²) >= 11 is 7.01. The van der Waals surface area contributed by atoms with E-state index in [9.17, 15) is 10.1 Å². The van der Waals surface area contributed by atoms with Crippen LogP contribution in [0.3, 0.4) is 0 Å². The van der Waals surface area contributed by atoms with Crippen molar-refractivity contribution in [2.45, 2.75) is 0 Å². The fraction of sp³-hybridized carbons (Fsp3) is 0. The molecule has 6 heteroatoms. The molecular weight excluding hydrogens is 381 g/mol. The van der Waals surface area contributed by atoms with Crippen LogP contribution < -0.4 is 0 Å². The Kier molecular flexibility index (Phi) is 2.76. The van der Waals surface area contributed by atoms with E-state index in [1.165, 1.54) is 17.4 Å². The highest BCUT2D eigenvalue weighted by Crippen LogP contribution is 2.40. The number of thiophene rings is 1. The number of rotatable bonds is 1. The van der Waals surface area contributed by atoms with E-state index in [0.717, 1.165) is 17.4 Å². The van der Waals surface area contributed by atoms with E-state index in [0.29, 0.717) is 0 Å². The number of hydrogen-bond acceptors (Lipinski definition) is 3. The summed E-state index contributed by atoms with van der Waals surface area (Å²) in [5, 5.41) is 11.6. The maximum absolute atomic E-state index is 10.7. The van der Waals surface area contributed by atoms with Gasteiger partial charge in [0, 0.05) is 15.9 Å². The summed E-state index contributed by atoms with van der Waals surface area (Å²) in [6.45, 7) is 0. The Balaban J connectivity index is 2.88. The van der Waals surface area contributed by atoms with Crippen LogP contribution in [0.15, 0.2) is 22.7 Å². The quantitative estimate of drug-likeness (QED) is 0.421. The van der Waals surface area contributed by atoms with Crippen molar-refractivity contribution in [3.63, 3.8) is 0 Å². The summed E-state index contributed by atoms with van der Waals surface area (Å²) in [5.41, 5.74) is 0.177. The highest BCUT2D eigenvalue weighted by Gasteiger charge is 2.16. The van der Waals surface area contributed by atoms with Crippen LogP contribution in [0.25, 0.3) is 10.1 Å². The molecule has 0 radical (unpaired) electrons. The molecule has 0 aliphatic heterocycles. The van der Waals surface area contributed by atoms with Crippen molar-refractivity contribution >= 4 is 65.6 Å². The molecule has 1 heterocycles. The molecule has 3 nitrogen and oxygen atoms in total. The van der Waals surface area contributed by atoms with Crippen LogP contribution >= 0.6 is 49.9 Å². The van der Waals surface area contributed by atoms with Gasteiger partial charge < -0.3 is 0 Å². The zero-order chi connectivity index (χ0) is 10.3. The van der Waals surface area contributed by atoms with Gasteiger partial charge in [-0.25, -0.2) is 0 Å². The first kappa shape index (κ1) is 10.3. The van der Waals surface area contributed by atoms with Crippen LogP contribution in [0, 0.1) is 13.0 Å². The van der Waals surface area contributed by atoms with E-state index >= 15 is 0 Å². The second-order valence-electron chi connectivity index (χ2n) is 2.60. The molecule has 2 rings (SSSR count). The monoisotopic (exact) mass is 383 g/mol. The van der Waals surface area contributed by atoms with Crippen LogP contribution in [0.1, 0.15) is 0 Å². The molecule has 2 aromatic rings. The summed E-state index contributed by atoms with van der Waals surface area (Å²) in [6, 6.07) is 5.11. The lowest BCUT2D eigenvalue weighted by Gasteiger charge is -1.92. The summed E-state index contributed by atoms with van der Waals surface area (Å²) in [6.07, 6.45) is 0. The van der Waals surface area contributed by atoms with E-state index in [2.05, 4.69) is 38.5 Å². The van der Waals surface area contributed by atoms with Gasteiger partial charge in [-0.3, -0.25) is 10.1 Å². The number of hydrogen-bond donors (Lipinski definition) is 0. The summed E-state index contributed by atoms with van der Waals surface area (Å²) in [7, 11) is 0. The molecule has 0 saturated heterocycles. The Bertz CT molecular complexity index is 525. The SMILES string of the molecule is O=[N+]([O-])c1cccc2c(Br)c(I)sc12. The lowest BCUT2D eigenvalue weighted by atomic mass is 10.2. The normalized spacial score (nSPS) is 10.7. The molecule has 0 amide bonds. The average molecular weight is 384 g/mol. The van der Waals surface area contributed by atoms with Gasteiger partial charge in [0.15, 0.2) is 0 Å². The molecule has 0 aliphatic rings. The second kappa shape index (κ2) is 3.74. The van der Waals surface area contributed by atoms with Gasteiger partial charge in [-0.05, 0) is 38.5 Å². The zero-order valence-corrected chi connectivity index (χ0v) is 11.2. The van der Waals surface area contributed by atoms with E-state index in [4.69, 9.17) is 0 Å². The molecule has 0 atom stereocenters. The molecule has 1 aromatic heterocycles. The molecule has 0 unspecified atom stereocenters. The Labute approximate surface area is 106 Å². The third kappa shape index (κ3) is 1.55. The fourth-order valence-electron chi connectivity index (χ4n) is 1.19. The number of halogens is 2. The molecule has 0 saturated carbocycles. The van der Waals surface area contributed by atoms with E-state index in [-0.39, 0.29) is 10.6 Å². The number of nitro benzene ring substituents is 1. The predicted octanol–water partition coefficient (Wildman–Crippen LogP) is 4.18. The highest BCUT2D eigenvalue weighted by atomic mass is 127. The van der Waals surface area contributed by atoms with E-state index < -0.39 is 0 Å². The molecule has 72 valence electrons. The van der Waals surface area contributed by atoms with E-state index in [1.54, 1.807) is 6.07 Å². The third-order valence-corrected chi connectivity index (χ3v) is 5.84. The number of fused-ring (bicyclic) bond motifs is 1. The van der Waals surface area contributed by atoms with Crippen molar-refractivity contribution in [2.75, 3.05) is 0 Å². The maximum atomic E-state index is 10.7. The van der Waals surface area contributed by atoms with Crippen molar-refractivity contribution in [3.8, 4) is 0 Å². The van der Waals surface area contributed by atoms with Gasteiger partial charge >= 0.3 is 0 Å². The van der Waals surface area contributed by atoms with Crippen LogP contribution in [0.5, 0.6) is 0 Å². The van der Waals surface area contributed by atoms with Gasteiger partial charge in [-0.1, -0.05) is 12.1 Å². The molecule has 0 N–H and O–H groups in total. The molecular formula is C8H3BrINO2S. The van der Waals surface area contributed by atoms with Gasteiger partial charge in [0.25, 0.3) is 5.69 Å². The first-order valence-corrected chi connectivity index (χ1v) is 6.31. The Morgan fingerprint density at radius 2 is 2.21 bits per heavy atom. The van der Waals surface area contributed by atoms with Gasteiger partial charge in [0.1, 0.15) is 4.70 Å². The average Bonchev–Trinajstić information content (AvgIpc) is 2.43. The molecule has 1 aromatic carbocycles. The van der Waals surface area contributed by atoms with Crippen molar-refractivity contribution < 1.29 is 4.92 Å². The number of benzene rings is 1. The Morgan fingerprint density at radius 3 is 2.86 bits per heavy atom. The first-order valence-electron chi connectivity index (χ1n) is 3.62. The molecule has 0 spiro atoms. The molecule has 0 bridgehead atoms. The van der Waals surface area contributed by atoms with Crippen molar-refractivity contribution in [2.24, 2.45) is 0 Å². The lowest BCUT2D eigenvalue weighted by Crippen LogP contribution is -1.86. The van der Waals surface area contributed by atoms with Crippen molar-refractivity contribution in [3.05, 3.63) is 35.7 Å². The molecule has 0 fully saturated rings. The minimum atomic E-state index is -0.346. The maximum Gasteiger partial charge on any atom is 0.287 e. The fourth-order valence-corrected chi connectivity index (χ4v) is 3.75. The van der Waals surface area contributed by atoms with Gasteiger partial charge in [-0.15, -0.1) is 11.3 Å². The van der Waals surface area contributed by atoms with Crippen LogP contribution in [0.4, 0.5) is 5.69 Å². The van der Waals surface area contributed by atoms with Crippen molar-refractivity contribution in [1.29, 1.82) is 0 Å². The van der Waals surface area contributed by atoms with Crippen LogP contribution in [-0.4, -0.2) is 4.92 Å². The summed E-state index contributed by atoms with van der Waals surface area (Å²) in [4.78, 5) is 10.4. The number of nitrogens with zero attached hydrogens (tertiary/aromatic N) is 1. The van der Waals surface area contributed by atoms with Crippen LogP contribution in [-0.2, 0) is 0 Å². The standard InChI is InChI=1S/C8H3BrINO2S/c9-6-4-2-1-3-5(11(12)13)7(4)14-8(6)10/h1-3H. The minimum absolute atomic E-state index is 0.177. The largest absolute Gasteiger partial charge is 0.287 e. The summed E-state index contributed by atoms with van der Waals surface area (Å²) in [5.74, 6) is 0. The first-order chi connectivity index (χ1) is 6.61. The number of non-ortho nitro benzene ring substituents is 1. The van der Waals surface area contributed by atoms with Gasteiger partial charge in [0.05, 0.1) is 7.81 Å². The topological polar surface area (TPSA) is 43.1 Å².